The fraction of sp³-hybridized carbons (Fsp3) is 0.333. The van der Waals surface area contributed by atoms with Gasteiger partial charge in [0, 0.05) is 36.1 Å². The molecule has 0 radical (unpaired) electrons. The molecule has 1 aromatic heterocycles. The molecule has 35 heavy (non-hydrogen) atoms. The van der Waals surface area contributed by atoms with Gasteiger partial charge in [0.15, 0.2) is 0 Å². The van der Waals surface area contributed by atoms with E-state index in [1.165, 1.54) is 0 Å². The predicted octanol–water partition coefficient (Wildman–Crippen LogP) is 3.44. The van der Waals surface area contributed by atoms with Crippen LogP contribution in [-0.4, -0.2) is 51.5 Å². The summed E-state index contributed by atoms with van der Waals surface area (Å²) in [5.74, 6) is -0.0362. The van der Waals surface area contributed by atoms with E-state index in [9.17, 15) is 9.59 Å². The van der Waals surface area contributed by atoms with Crippen molar-refractivity contribution in [1.82, 2.24) is 25.9 Å². The Morgan fingerprint density at radius 3 is 2.69 bits per heavy atom. The van der Waals surface area contributed by atoms with Crippen LogP contribution < -0.4 is 20.9 Å². The molecule has 0 spiro atoms. The smallest absolute Gasteiger partial charge is 0.321 e. The van der Waals surface area contributed by atoms with Crippen molar-refractivity contribution in [3.05, 3.63) is 54.1 Å². The lowest BCUT2D eigenvalue weighted by molar-refractivity contribution is -0.126. The van der Waals surface area contributed by atoms with Crippen LogP contribution in [0.25, 0.3) is 0 Å². The number of likely N-dealkylation sites (N-methyl/N-ethyl adjacent to an activating group) is 1. The molecule has 5 rings (SSSR count). The third-order valence-corrected chi connectivity index (χ3v) is 6.56. The Morgan fingerprint density at radius 1 is 1.09 bits per heavy atom. The van der Waals surface area contributed by atoms with E-state index in [1.807, 2.05) is 30.3 Å². The third-order valence-electron chi connectivity index (χ3n) is 6.56. The number of benzene rings is 2. The first-order valence-corrected chi connectivity index (χ1v) is 11.7. The van der Waals surface area contributed by atoms with Crippen molar-refractivity contribution in [2.24, 2.45) is 10.9 Å². The Labute approximate surface area is 202 Å². The highest BCUT2D eigenvalue weighted by atomic mass is 16.2. The van der Waals surface area contributed by atoms with Crippen LogP contribution in [0, 0.1) is 5.92 Å². The van der Waals surface area contributed by atoms with E-state index in [1.54, 1.807) is 36.4 Å². The van der Waals surface area contributed by atoms with Gasteiger partial charge in [0.05, 0.1) is 5.69 Å². The summed E-state index contributed by atoms with van der Waals surface area (Å²) in [6.45, 7) is 0. The number of rotatable bonds is 5. The molecule has 0 bridgehead atoms. The van der Waals surface area contributed by atoms with Gasteiger partial charge in [-0.3, -0.25) is 9.79 Å². The van der Waals surface area contributed by atoms with E-state index in [0.717, 1.165) is 43.4 Å². The number of aromatic amines is 1. The quantitative estimate of drug-likeness (QED) is 0.447. The summed E-state index contributed by atoms with van der Waals surface area (Å²) in [4.78, 5) is 33.5. The van der Waals surface area contributed by atoms with Crippen LogP contribution in [-0.2, 0) is 4.79 Å². The van der Waals surface area contributed by atoms with Crippen LogP contribution in [0.1, 0.15) is 37.7 Å². The van der Waals surface area contributed by atoms with E-state index in [4.69, 9.17) is 4.99 Å². The normalized spacial score (nSPS) is 20.1. The molecule has 11 heteroatoms. The molecule has 1 saturated carbocycles. The van der Waals surface area contributed by atoms with Crippen molar-refractivity contribution in [1.29, 1.82) is 0 Å². The van der Waals surface area contributed by atoms with Crippen LogP contribution in [0.15, 0.2) is 53.5 Å². The van der Waals surface area contributed by atoms with E-state index < -0.39 is 11.7 Å². The summed E-state index contributed by atoms with van der Waals surface area (Å²) in [6, 6.07) is 14.2. The highest BCUT2D eigenvalue weighted by Crippen LogP contribution is 2.38. The van der Waals surface area contributed by atoms with Crippen molar-refractivity contribution in [2.45, 2.75) is 37.8 Å². The lowest BCUT2D eigenvalue weighted by Crippen LogP contribution is -2.63. The highest BCUT2D eigenvalue weighted by molar-refractivity contribution is 6.09. The number of carbonyl (C=O) groups excluding carboxylic acids is 2. The zero-order valence-corrected chi connectivity index (χ0v) is 19.4. The number of nitrogens with zero attached hydrogens (tertiary/aromatic N) is 5. The van der Waals surface area contributed by atoms with E-state index >= 15 is 0 Å². The molecule has 2 aliphatic rings. The lowest BCUT2D eigenvalue weighted by atomic mass is 9.79. The first-order chi connectivity index (χ1) is 17.0. The highest BCUT2D eigenvalue weighted by Gasteiger charge is 2.49. The Bertz CT molecular complexity index is 1240. The minimum absolute atomic E-state index is 0.103. The molecule has 2 aromatic carbocycles. The number of para-hydroxylation sites is 1. The number of urea groups is 1. The first-order valence-electron chi connectivity index (χ1n) is 11.7. The molecule has 2 heterocycles. The lowest BCUT2D eigenvalue weighted by Gasteiger charge is -2.40. The van der Waals surface area contributed by atoms with Gasteiger partial charge >= 0.3 is 6.03 Å². The van der Waals surface area contributed by atoms with Crippen LogP contribution in [0.4, 0.5) is 27.8 Å². The molecule has 1 fully saturated rings. The van der Waals surface area contributed by atoms with Crippen molar-refractivity contribution in [3.8, 4) is 0 Å². The van der Waals surface area contributed by atoms with Gasteiger partial charge < -0.3 is 20.9 Å². The first kappa shape index (κ1) is 22.5. The van der Waals surface area contributed by atoms with Gasteiger partial charge in [0.1, 0.15) is 0 Å². The molecule has 180 valence electrons. The maximum Gasteiger partial charge on any atom is 0.321 e. The van der Waals surface area contributed by atoms with Crippen molar-refractivity contribution in [2.75, 3.05) is 22.6 Å². The van der Waals surface area contributed by atoms with Gasteiger partial charge in [-0.15, -0.1) is 5.10 Å². The van der Waals surface area contributed by atoms with Gasteiger partial charge in [0.2, 0.25) is 5.66 Å². The SMILES string of the molecule is CN1C(=O)C(NC(=O)Nc2cccc(Nc3nn[nH]n3)c2)(C2CCCCC2)N=Cc2ccccc21. The number of aromatic nitrogens is 4. The number of fused-ring (bicyclic) bond motifs is 1. The zero-order chi connectivity index (χ0) is 24.3. The number of benzodiazepines with no additional fused rings is 1. The van der Waals surface area contributed by atoms with Gasteiger partial charge in [0.25, 0.3) is 11.9 Å². The number of amides is 3. The van der Waals surface area contributed by atoms with Crippen LogP contribution >= 0.6 is 0 Å². The average Bonchev–Trinajstić information content (AvgIpc) is 3.36. The molecule has 4 N–H and O–H groups in total. The monoisotopic (exact) mass is 473 g/mol. The summed E-state index contributed by atoms with van der Waals surface area (Å²) in [6.07, 6.45) is 6.46. The molecule has 1 unspecified atom stereocenters. The van der Waals surface area contributed by atoms with Crippen molar-refractivity contribution in [3.63, 3.8) is 0 Å². The number of anilines is 4. The summed E-state index contributed by atoms with van der Waals surface area (Å²) in [7, 11) is 1.74. The maximum absolute atomic E-state index is 13.9. The Balaban J connectivity index is 1.41. The zero-order valence-electron chi connectivity index (χ0n) is 19.4. The Kier molecular flexibility index (Phi) is 6.13. The topological polar surface area (TPSA) is 140 Å². The summed E-state index contributed by atoms with van der Waals surface area (Å²) in [5.41, 5.74) is 1.42. The molecular weight excluding hydrogens is 446 g/mol. The third kappa shape index (κ3) is 4.57. The number of hydrogen-bond donors (Lipinski definition) is 4. The standard InChI is InChI=1S/C24H27N9O2/c1-33-20-13-6-5-8-16(20)15-25-24(21(33)34,17-9-3-2-4-10-17)28-23(35)27-19-12-7-11-18(14-19)26-22-29-31-32-30-22/h5-8,11-15,17H,2-4,9-10H2,1H3,(H2,27,28,35)(H2,26,29,30,31,32). The largest absolute Gasteiger partial charge is 0.321 e. The summed E-state index contributed by atoms with van der Waals surface area (Å²) < 4.78 is 0. The molecule has 3 amide bonds. The summed E-state index contributed by atoms with van der Waals surface area (Å²) in [5, 5.41) is 22.4. The Hall–Kier alpha value is -4.28. The van der Waals surface area contributed by atoms with Gasteiger partial charge in [-0.2, -0.15) is 5.21 Å². The van der Waals surface area contributed by atoms with E-state index in [0.29, 0.717) is 17.3 Å². The molecule has 1 aliphatic carbocycles. The minimum Gasteiger partial charge on any atom is -0.321 e. The second kappa shape index (κ2) is 9.53. The second-order valence-electron chi connectivity index (χ2n) is 8.80. The second-order valence-corrected chi connectivity index (χ2v) is 8.80. The molecule has 3 aromatic rings. The molecular formula is C24H27N9O2. The van der Waals surface area contributed by atoms with E-state index in [-0.39, 0.29) is 11.8 Å². The number of tetrazole rings is 1. The maximum atomic E-state index is 13.9. The predicted molar refractivity (Wildman–Crippen MR) is 133 cm³/mol. The van der Waals surface area contributed by atoms with Crippen molar-refractivity contribution >= 4 is 41.2 Å². The number of carbonyl (C=O) groups is 2. The van der Waals surface area contributed by atoms with Crippen LogP contribution in [0.2, 0.25) is 0 Å². The molecule has 11 nitrogen and oxygen atoms in total. The van der Waals surface area contributed by atoms with Gasteiger partial charge in [-0.25, -0.2) is 4.79 Å². The molecule has 1 atom stereocenters. The van der Waals surface area contributed by atoms with Gasteiger partial charge in [-0.1, -0.05) is 48.6 Å². The number of H-pyrrole nitrogens is 1. The fourth-order valence-corrected chi connectivity index (χ4v) is 4.84. The Morgan fingerprint density at radius 2 is 1.89 bits per heavy atom. The number of aliphatic imine (C=N–C) groups is 1. The molecule has 1 aliphatic heterocycles. The van der Waals surface area contributed by atoms with Gasteiger partial charge in [-0.05, 0) is 42.3 Å². The van der Waals surface area contributed by atoms with Crippen LogP contribution in [0.3, 0.4) is 0 Å². The van der Waals surface area contributed by atoms with Crippen LogP contribution in [0.5, 0.6) is 0 Å². The summed E-state index contributed by atoms with van der Waals surface area (Å²) >= 11 is 0. The molecule has 0 saturated heterocycles. The number of hydrogen-bond acceptors (Lipinski definition) is 7. The fourth-order valence-electron chi connectivity index (χ4n) is 4.84. The number of nitrogens with one attached hydrogen (secondary N) is 4. The van der Waals surface area contributed by atoms with E-state index in [2.05, 4.69) is 36.6 Å². The van der Waals surface area contributed by atoms with Crippen molar-refractivity contribution < 1.29 is 9.59 Å². The average molecular weight is 474 g/mol. The minimum atomic E-state index is -1.39.